The molecule has 1 atom stereocenters. The van der Waals surface area contributed by atoms with Crippen molar-refractivity contribution in [2.24, 2.45) is 5.92 Å². The van der Waals surface area contributed by atoms with Gasteiger partial charge in [0.1, 0.15) is 0 Å². The number of hydrogen-bond acceptors (Lipinski definition) is 2. The monoisotopic (exact) mass is 284 g/mol. The van der Waals surface area contributed by atoms with Crippen molar-refractivity contribution in [2.45, 2.75) is 26.8 Å². The van der Waals surface area contributed by atoms with Crippen molar-refractivity contribution in [3.8, 4) is 0 Å². The van der Waals surface area contributed by atoms with E-state index in [-0.39, 0.29) is 22.7 Å². The van der Waals surface area contributed by atoms with Crippen molar-refractivity contribution in [1.82, 2.24) is 5.32 Å². The van der Waals surface area contributed by atoms with Crippen LogP contribution in [0.3, 0.4) is 0 Å². The highest BCUT2D eigenvalue weighted by Crippen LogP contribution is 2.21. The molecule has 0 saturated heterocycles. The lowest BCUT2D eigenvalue weighted by molar-refractivity contribution is 0.0697. The highest BCUT2D eigenvalue weighted by molar-refractivity contribution is 6.33. The van der Waals surface area contributed by atoms with E-state index in [9.17, 15) is 9.59 Å². The Bertz CT molecular complexity index is 489. The SMILES string of the molecule is CC(C)C(C)NC(=O)Nc1ccc(C(=O)O)c(Cl)c1. The number of rotatable bonds is 4. The van der Waals surface area contributed by atoms with E-state index in [1.807, 2.05) is 20.8 Å². The molecule has 1 aromatic rings. The van der Waals surface area contributed by atoms with Crippen LogP contribution in [0.25, 0.3) is 0 Å². The number of nitrogens with one attached hydrogen (secondary N) is 2. The van der Waals surface area contributed by atoms with Gasteiger partial charge in [-0.25, -0.2) is 9.59 Å². The minimum Gasteiger partial charge on any atom is -0.478 e. The largest absolute Gasteiger partial charge is 0.478 e. The number of hydrogen-bond donors (Lipinski definition) is 3. The van der Waals surface area contributed by atoms with E-state index in [4.69, 9.17) is 16.7 Å². The second-order valence-electron chi connectivity index (χ2n) is 4.63. The Morgan fingerprint density at radius 1 is 1.26 bits per heavy atom. The number of urea groups is 1. The summed E-state index contributed by atoms with van der Waals surface area (Å²) in [6, 6.07) is 3.94. The van der Waals surface area contributed by atoms with E-state index >= 15 is 0 Å². The number of amides is 2. The first-order valence-electron chi connectivity index (χ1n) is 5.91. The molecular weight excluding hydrogens is 268 g/mol. The number of anilines is 1. The summed E-state index contributed by atoms with van der Waals surface area (Å²) in [7, 11) is 0. The van der Waals surface area contributed by atoms with Crippen LogP contribution >= 0.6 is 11.6 Å². The molecular formula is C13H17ClN2O3. The number of carbonyl (C=O) groups excluding carboxylic acids is 1. The van der Waals surface area contributed by atoms with Crippen molar-refractivity contribution in [3.63, 3.8) is 0 Å². The summed E-state index contributed by atoms with van der Waals surface area (Å²) in [6.45, 7) is 5.91. The van der Waals surface area contributed by atoms with Gasteiger partial charge in [-0.2, -0.15) is 0 Å². The summed E-state index contributed by atoms with van der Waals surface area (Å²) in [6.07, 6.45) is 0. The number of benzene rings is 1. The molecule has 0 spiro atoms. The zero-order valence-electron chi connectivity index (χ0n) is 11.0. The zero-order valence-corrected chi connectivity index (χ0v) is 11.8. The van der Waals surface area contributed by atoms with E-state index in [0.717, 1.165) is 0 Å². The molecule has 0 fully saturated rings. The van der Waals surface area contributed by atoms with Gasteiger partial charge in [-0.3, -0.25) is 0 Å². The lowest BCUT2D eigenvalue weighted by Crippen LogP contribution is -2.39. The van der Waals surface area contributed by atoms with Crippen molar-refractivity contribution < 1.29 is 14.7 Å². The van der Waals surface area contributed by atoms with Gasteiger partial charge >= 0.3 is 12.0 Å². The predicted octanol–water partition coefficient (Wildman–Crippen LogP) is 3.20. The fraction of sp³-hybridized carbons (Fsp3) is 0.385. The first-order chi connectivity index (χ1) is 8.81. The second-order valence-corrected chi connectivity index (χ2v) is 5.04. The fourth-order valence-corrected chi connectivity index (χ4v) is 1.57. The molecule has 19 heavy (non-hydrogen) atoms. The van der Waals surface area contributed by atoms with Crippen molar-refractivity contribution in [3.05, 3.63) is 28.8 Å². The Morgan fingerprint density at radius 3 is 2.37 bits per heavy atom. The molecule has 6 heteroatoms. The van der Waals surface area contributed by atoms with E-state index in [1.165, 1.54) is 18.2 Å². The average Bonchev–Trinajstić information content (AvgIpc) is 2.27. The molecule has 0 heterocycles. The third-order valence-corrected chi connectivity index (χ3v) is 3.13. The van der Waals surface area contributed by atoms with Crippen LogP contribution in [0.15, 0.2) is 18.2 Å². The quantitative estimate of drug-likeness (QED) is 0.794. The second kappa shape index (κ2) is 6.43. The summed E-state index contributed by atoms with van der Waals surface area (Å²) in [5.74, 6) is -0.779. The fourth-order valence-electron chi connectivity index (χ4n) is 1.31. The minimum atomic E-state index is -1.10. The van der Waals surface area contributed by atoms with Crippen molar-refractivity contribution in [1.29, 1.82) is 0 Å². The van der Waals surface area contributed by atoms with Crippen LogP contribution in [0.4, 0.5) is 10.5 Å². The van der Waals surface area contributed by atoms with Gasteiger partial charge in [0.2, 0.25) is 0 Å². The zero-order chi connectivity index (χ0) is 14.6. The minimum absolute atomic E-state index is 0.00294. The summed E-state index contributed by atoms with van der Waals surface area (Å²) in [4.78, 5) is 22.5. The van der Waals surface area contributed by atoms with Crippen LogP contribution < -0.4 is 10.6 Å². The predicted molar refractivity (Wildman–Crippen MR) is 74.9 cm³/mol. The maximum Gasteiger partial charge on any atom is 0.337 e. The highest BCUT2D eigenvalue weighted by atomic mass is 35.5. The molecule has 1 unspecified atom stereocenters. The highest BCUT2D eigenvalue weighted by Gasteiger charge is 2.12. The number of carboxylic acid groups (broad SMARTS) is 1. The first kappa shape index (κ1) is 15.3. The van der Waals surface area contributed by atoms with Gasteiger partial charge in [-0.05, 0) is 31.0 Å². The Hall–Kier alpha value is -1.75. The molecule has 0 aliphatic rings. The van der Waals surface area contributed by atoms with Gasteiger partial charge in [0.25, 0.3) is 0 Å². The summed E-state index contributed by atoms with van der Waals surface area (Å²) in [5.41, 5.74) is 0.451. The smallest absolute Gasteiger partial charge is 0.337 e. The van der Waals surface area contributed by atoms with Gasteiger partial charge in [0.05, 0.1) is 10.6 Å². The molecule has 0 aliphatic carbocycles. The van der Waals surface area contributed by atoms with Gasteiger partial charge in [-0.15, -0.1) is 0 Å². The Labute approximate surface area is 117 Å². The summed E-state index contributed by atoms with van der Waals surface area (Å²) in [5, 5.41) is 14.3. The molecule has 1 rings (SSSR count). The molecule has 104 valence electrons. The van der Waals surface area contributed by atoms with Gasteiger partial charge in [0.15, 0.2) is 0 Å². The van der Waals surface area contributed by atoms with Crippen LogP contribution in [-0.4, -0.2) is 23.1 Å². The first-order valence-corrected chi connectivity index (χ1v) is 6.29. The third-order valence-electron chi connectivity index (χ3n) is 2.82. The molecule has 3 N–H and O–H groups in total. The standard InChI is InChI=1S/C13H17ClN2O3/c1-7(2)8(3)15-13(19)16-9-4-5-10(12(17)18)11(14)6-9/h4-8H,1-3H3,(H,17,18)(H2,15,16,19). The lowest BCUT2D eigenvalue weighted by atomic mass is 10.1. The van der Waals surface area contributed by atoms with Gasteiger partial charge in [-0.1, -0.05) is 25.4 Å². The Kier molecular flexibility index (Phi) is 5.18. The van der Waals surface area contributed by atoms with E-state index in [1.54, 1.807) is 0 Å². The Balaban J connectivity index is 2.70. The topological polar surface area (TPSA) is 78.4 Å². The average molecular weight is 285 g/mol. The van der Waals surface area contributed by atoms with Gasteiger partial charge in [0, 0.05) is 11.7 Å². The molecule has 0 bridgehead atoms. The van der Waals surface area contributed by atoms with Crippen LogP contribution in [0.5, 0.6) is 0 Å². The van der Waals surface area contributed by atoms with E-state index in [0.29, 0.717) is 11.6 Å². The molecule has 2 amide bonds. The van der Waals surface area contributed by atoms with E-state index in [2.05, 4.69) is 10.6 Å². The summed E-state index contributed by atoms with van der Waals surface area (Å²) >= 11 is 5.81. The number of halogens is 1. The molecule has 5 nitrogen and oxygen atoms in total. The number of carbonyl (C=O) groups is 2. The van der Waals surface area contributed by atoms with Crippen LogP contribution in [0, 0.1) is 5.92 Å². The molecule has 0 aliphatic heterocycles. The lowest BCUT2D eigenvalue weighted by Gasteiger charge is -2.18. The van der Waals surface area contributed by atoms with Gasteiger partial charge < -0.3 is 15.7 Å². The van der Waals surface area contributed by atoms with Crippen LogP contribution in [0.2, 0.25) is 5.02 Å². The number of aromatic carboxylic acids is 1. The maximum absolute atomic E-state index is 11.7. The molecule has 0 saturated carbocycles. The van der Waals surface area contributed by atoms with Crippen LogP contribution in [0.1, 0.15) is 31.1 Å². The number of carboxylic acids is 1. The molecule has 0 radical (unpaired) electrons. The summed E-state index contributed by atoms with van der Waals surface area (Å²) < 4.78 is 0. The maximum atomic E-state index is 11.7. The third kappa shape index (κ3) is 4.44. The molecule has 1 aromatic carbocycles. The normalized spacial score (nSPS) is 12.1. The molecule has 0 aromatic heterocycles. The Morgan fingerprint density at radius 2 is 1.89 bits per heavy atom. The van der Waals surface area contributed by atoms with Crippen molar-refractivity contribution in [2.75, 3.05) is 5.32 Å². The van der Waals surface area contributed by atoms with Crippen LogP contribution in [-0.2, 0) is 0 Å². The van der Waals surface area contributed by atoms with E-state index < -0.39 is 5.97 Å². The van der Waals surface area contributed by atoms with Crippen molar-refractivity contribution >= 4 is 29.3 Å².